The zero-order valence-corrected chi connectivity index (χ0v) is 19.7. The molecular formula is C29H33ClN2O2. The molecule has 0 aromatic heterocycles. The van der Waals surface area contributed by atoms with Gasteiger partial charge >= 0.3 is 0 Å². The molecule has 1 heterocycles. The fraction of sp³-hybridized carbons (Fsp3) is 0.345. The van der Waals surface area contributed by atoms with Crippen LogP contribution < -0.4 is 0 Å². The average molecular weight is 489 g/mol. The van der Waals surface area contributed by atoms with Crippen LogP contribution in [0.1, 0.15) is 52.4 Å². The molecular weight excluding hydrogens is 444 g/mol. The van der Waals surface area contributed by atoms with E-state index in [2.05, 4.69) is 0 Å². The van der Waals surface area contributed by atoms with E-state index in [-0.39, 0.29) is 25.9 Å². The molecule has 4 rings (SSSR count). The van der Waals surface area contributed by atoms with Gasteiger partial charge in [-0.2, -0.15) is 0 Å². The number of piperidine rings is 1. The van der Waals surface area contributed by atoms with Gasteiger partial charge in [-0.3, -0.25) is 4.79 Å². The van der Waals surface area contributed by atoms with Crippen LogP contribution in [-0.4, -0.2) is 54.5 Å². The van der Waals surface area contributed by atoms with E-state index in [4.69, 9.17) is 25.3 Å². The predicted octanol–water partition coefficient (Wildman–Crippen LogP) is 5.09. The summed E-state index contributed by atoms with van der Waals surface area (Å²) in [7, 11) is 2.56. The number of hydrogen-bond acceptors (Lipinski definition) is 3. The van der Waals surface area contributed by atoms with Gasteiger partial charge in [0.25, 0.3) is 0 Å². The summed E-state index contributed by atoms with van der Waals surface area (Å²) in [6, 6.07) is -1.84. The zero-order chi connectivity index (χ0) is 34.7. The first kappa shape index (κ1) is 13.4. The van der Waals surface area contributed by atoms with Gasteiger partial charge in [0.2, 0.25) is 5.91 Å². The molecule has 0 bridgehead atoms. The molecule has 1 aliphatic rings. The number of carbonyl (C=O) groups is 1. The van der Waals surface area contributed by atoms with Gasteiger partial charge in [0.05, 0.1) is 19.3 Å². The highest BCUT2D eigenvalue weighted by Crippen LogP contribution is 2.39. The van der Waals surface area contributed by atoms with Gasteiger partial charge in [-0.05, 0) is 54.6 Å². The lowest BCUT2D eigenvalue weighted by atomic mass is 9.70. The Hall–Kier alpha value is -2.66. The van der Waals surface area contributed by atoms with Gasteiger partial charge in [0, 0.05) is 34.9 Å². The molecule has 178 valence electrons. The van der Waals surface area contributed by atoms with E-state index in [0.29, 0.717) is 10.6 Å². The first-order valence-corrected chi connectivity index (χ1v) is 11.2. The van der Waals surface area contributed by atoms with Gasteiger partial charge in [0.15, 0.2) is 0 Å². The van der Waals surface area contributed by atoms with Crippen molar-refractivity contribution in [2.75, 3.05) is 33.7 Å². The normalized spacial score (nSPS) is 21.6. The molecule has 1 aliphatic heterocycles. The fourth-order valence-electron chi connectivity index (χ4n) is 4.21. The number of aliphatic hydroxyl groups is 1. The highest BCUT2D eigenvalue weighted by molar-refractivity contribution is 6.30. The molecule has 0 radical (unpaired) electrons. The Kier molecular flexibility index (Phi) is 4.07. The van der Waals surface area contributed by atoms with Crippen LogP contribution in [0.5, 0.6) is 0 Å². The van der Waals surface area contributed by atoms with Crippen LogP contribution in [0.3, 0.4) is 0 Å². The highest BCUT2D eigenvalue weighted by Gasteiger charge is 2.43. The summed E-state index contributed by atoms with van der Waals surface area (Å²) >= 11 is 6.00. The number of benzene rings is 3. The lowest BCUT2D eigenvalue weighted by Crippen LogP contribution is -2.48. The Morgan fingerprint density at radius 2 is 1.53 bits per heavy atom. The number of nitrogens with zero attached hydrogens (tertiary/aromatic N) is 2. The van der Waals surface area contributed by atoms with Crippen molar-refractivity contribution in [2.24, 2.45) is 0 Å². The lowest BCUT2D eigenvalue weighted by molar-refractivity contribution is -0.133. The van der Waals surface area contributed by atoms with Crippen LogP contribution in [0.2, 0.25) is 5.02 Å². The lowest BCUT2D eigenvalue weighted by Gasteiger charge is -2.41. The van der Waals surface area contributed by atoms with E-state index in [1.165, 1.54) is 19.0 Å². The van der Waals surface area contributed by atoms with Crippen molar-refractivity contribution >= 4 is 17.5 Å². The van der Waals surface area contributed by atoms with Gasteiger partial charge in [-0.25, -0.2) is 0 Å². The third kappa shape index (κ3) is 4.90. The molecule has 3 aromatic rings. The largest absolute Gasteiger partial charge is 0.385 e. The van der Waals surface area contributed by atoms with Crippen LogP contribution in [0.15, 0.2) is 84.7 Å². The maximum absolute atomic E-state index is 14.5. The summed E-state index contributed by atoms with van der Waals surface area (Å²) in [5, 5.41) is 11.9. The number of carbonyl (C=O) groups excluding carboxylic acids is 1. The average Bonchev–Trinajstić information content (AvgIpc) is 3.00. The summed E-state index contributed by atoms with van der Waals surface area (Å²) in [5.41, 5.74) is -4.87. The Morgan fingerprint density at radius 1 is 1.03 bits per heavy atom. The van der Waals surface area contributed by atoms with Gasteiger partial charge in [-0.15, -0.1) is 0 Å². The van der Waals surface area contributed by atoms with E-state index in [0.717, 1.165) is 4.90 Å². The quantitative estimate of drug-likeness (QED) is 0.504. The van der Waals surface area contributed by atoms with Crippen LogP contribution in [-0.2, 0) is 15.8 Å². The topological polar surface area (TPSA) is 43.8 Å². The maximum Gasteiger partial charge on any atom is 0.237 e. The molecule has 0 aliphatic carbocycles. The smallest absolute Gasteiger partial charge is 0.237 e. The van der Waals surface area contributed by atoms with Crippen LogP contribution in [0.25, 0.3) is 0 Å². The maximum atomic E-state index is 14.5. The van der Waals surface area contributed by atoms with Gasteiger partial charge < -0.3 is 14.9 Å². The van der Waals surface area contributed by atoms with Crippen LogP contribution >= 0.6 is 11.6 Å². The Bertz CT molecular complexity index is 1570. The third-order valence-corrected chi connectivity index (χ3v) is 6.42. The van der Waals surface area contributed by atoms with Crippen LogP contribution in [0, 0.1) is 0 Å². The SMILES string of the molecule is [2H]c1c([2H])c([2H])c(C(CC([2H])([2H])N2CCC(O)(c3ccc(Cl)cc3)CC2)(C(=O)N(C)C)c2c([2H])c([2H])c([2H])c([2H])c2[2H])c([2H])c1[2H]. The van der Waals surface area contributed by atoms with Crippen molar-refractivity contribution in [3.8, 4) is 0 Å². The second kappa shape index (κ2) is 10.3. The zero-order valence-electron chi connectivity index (χ0n) is 31.0. The minimum Gasteiger partial charge on any atom is -0.385 e. The van der Waals surface area contributed by atoms with Gasteiger partial charge in [0.1, 0.15) is 5.41 Å². The molecule has 1 N–H and O–H groups in total. The molecule has 0 unspecified atom stereocenters. The molecule has 1 saturated heterocycles. The van der Waals surface area contributed by atoms with Crippen molar-refractivity contribution in [3.63, 3.8) is 0 Å². The van der Waals surface area contributed by atoms with Crippen molar-refractivity contribution in [3.05, 3.63) is 106 Å². The molecule has 0 atom stereocenters. The number of rotatable bonds is 7. The highest BCUT2D eigenvalue weighted by atomic mass is 35.5. The third-order valence-electron chi connectivity index (χ3n) is 6.16. The number of likely N-dealkylation sites (N-methyl/N-ethyl adjacent to an activating group) is 1. The summed E-state index contributed by atoms with van der Waals surface area (Å²) < 4.78 is 103. The monoisotopic (exact) mass is 488 g/mol. The fourth-order valence-corrected chi connectivity index (χ4v) is 4.34. The Labute approximate surface area is 224 Å². The first-order chi connectivity index (χ1) is 21.2. The first-order valence-electron chi connectivity index (χ1n) is 16.8. The summed E-state index contributed by atoms with van der Waals surface area (Å²) in [5.74, 6) is -1.05. The van der Waals surface area contributed by atoms with E-state index < -0.39 is 101 Å². The minimum atomic E-state index is -2.70. The van der Waals surface area contributed by atoms with E-state index >= 15 is 0 Å². The van der Waals surface area contributed by atoms with Crippen molar-refractivity contribution in [1.29, 1.82) is 0 Å². The minimum absolute atomic E-state index is 0.0423. The number of likely N-dealkylation sites (tertiary alicyclic amines) is 1. The molecule has 5 heteroatoms. The number of amides is 1. The second-order valence-corrected chi connectivity index (χ2v) is 8.90. The van der Waals surface area contributed by atoms with E-state index in [1.807, 2.05) is 0 Å². The summed E-state index contributed by atoms with van der Waals surface area (Å²) in [4.78, 5) is 16.8. The Balaban J connectivity index is 2.00. The van der Waals surface area contributed by atoms with Crippen molar-refractivity contribution < 1.29 is 26.4 Å². The van der Waals surface area contributed by atoms with Crippen molar-refractivity contribution in [2.45, 2.75) is 30.3 Å². The number of hydrogen-bond donors (Lipinski definition) is 1. The van der Waals surface area contributed by atoms with Crippen molar-refractivity contribution in [1.82, 2.24) is 9.80 Å². The Morgan fingerprint density at radius 3 is 2.00 bits per heavy atom. The molecule has 1 amide bonds. The molecule has 4 nitrogen and oxygen atoms in total. The standard InChI is InChI=1S/C29H33ClN2O2/c1-31(2)27(33)29(24-9-5-3-6-10-24,25-11-7-4-8-12-25)19-22-32-20-17-28(34,18-21-32)23-13-15-26(30)16-14-23/h3-16,34H,17-22H2,1-2H3/i3D,4D,5D,6D,7D,8D,9D,10D,11D,12D,22D2. The summed E-state index contributed by atoms with van der Waals surface area (Å²) in [6.45, 7) is -2.63. The van der Waals surface area contributed by atoms with Gasteiger partial charge in [-0.1, -0.05) is 84.2 Å². The predicted molar refractivity (Wildman–Crippen MR) is 138 cm³/mol. The van der Waals surface area contributed by atoms with Crippen LogP contribution in [0.4, 0.5) is 0 Å². The van der Waals surface area contributed by atoms with E-state index in [1.54, 1.807) is 24.3 Å². The molecule has 0 spiro atoms. The summed E-state index contributed by atoms with van der Waals surface area (Å²) in [6.07, 6.45) is -0.865. The molecule has 3 aromatic carbocycles. The molecule has 34 heavy (non-hydrogen) atoms. The second-order valence-electron chi connectivity index (χ2n) is 8.47. The molecule has 1 fully saturated rings. The number of halogens is 1. The molecule has 0 saturated carbocycles. The van der Waals surface area contributed by atoms with E-state index in [9.17, 15) is 12.6 Å².